The van der Waals surface area contributed by atoms with Crippen molar-refractivity contribution in [2.45, 2.75) is 24.9 Å². The van der Waals surface area contributed by atoms with Crippen LogP contribution >= 0.6 is 0 Å². The first-order valence-electron chi connectivity index (χ1n) is 10.5. The molecule has 0 bridgehead atoms. The zero-order chi connectivity index (χ0) is 25.4. The third kappa shape index (κ3) is 4.59. The van der Waals surface area contributed by atoms with Gasteiger partial charge in [-0.05, 0) is 54.4 Å². The molecule has 0 spiro atoms. The number of anilines is 1. The van der Waals surface area contributed by atoms with Gasteiger partial charge in [-0.25, -0.2) is 22.1 Å². The first kappa shape index (κ1) is 24.3. The summed E-state index contributed by atoms with van der Waals surface area (Å²) in [6, 6.07) is 9.96. The number of nitrogens with two attached hydrogens (primary N) is 1. The molecule has 0 aliphatic rings. The van der Waals surface area contributed by atoms with E-state index in [2.05, 4.69) is 10.1 Å². The maximum atomic E-state index is 15.4. The molecular formula is C24H22F4N4O3. The zero-order valence-electron chi connectivity index (χ0n) is 18.8. The molecule has 4 aromatic rings. The molecule has 0 saturated heterocycles. The number of methoxy groups -OCH3 is 1. The molecule has 1 unspecified atom stereocenters. The normalized spacial score (nSPS) is 13.6. The number of rotatable bonds is 8. The van der Waals surface area contributed by atoms with E-state index >= 15 is 4.39 Å². The van der Waals surface area contributed by atoms with Crippen LogP contribution in [0.2, 0.25) is 0 Å². The summed E-state index contributed by atoms with van der Waals surface area (Å²) in [5, 5.41) is 14.4. The van der Waals surface area contributed by atoms with E-state index in [4.69, 9.17) is 15.2 Å². The first-order chi connectivity index (χ1) is 16.5. The molecule has 0 saturated carbocycles. The van der Waals surface area contributed by atoms with Crippen molar-refractivity contribution >= 4 is 11.6 Å². The number of aromatic nitrogens is 3. The quantitative estimate of drug-likeness (QED) is 0.351. The Balaban J connectivity index is 1.56. The Kier molecular flexibility index (Phi) is 6.28. The Morgan fingerprint density at radius 3 is 2.43 bits per heavy atom. The maximum absolute atomic E-state index is 15.4. The van der Waals surface area contributed by atoms with Gasteiger partial charge in [-0.2, -0.15) is 4.98 Å². The second-order valence-corrected chi connectivity index (χ2v) is 8.03. The number of ether oxygens (including phenoxy) is 2. The lowest BCUT2D eigenvalue weighted by molar-refractivity contribution is -0.184. The maximum Gasteiger partial charge on any atom is 0.283 e. The van der Waals surface area contributed by atoms with Crippen LogP contribution < -0.4 is 15.2 Å². The van der Waals surface area contributed by atoms with Gasteiger partial charge in [0.25, 0.3) is 5.92 Å². The highest BCUT2D eigenvalue weighted by Gasteiger charge is 2.49. The van der Waals surface area contributed by atoms with E-state index in [1.807, 2.05) is 0 Å². The molecule has 0 aliphatic carbocycles. The minimum Gasteiger partial charge on any atom is -0.496 e. The van der Waals surface area contributed by atoms with Crippen LogP contribution in [0.15, 0.2) is 54.7 Å². The molecule has 0 amide bonds. The summed E-state index contributed by atoms with van der Waals surface area (Å²) in [4.78, 5) is 4.04. The van der Waals surface area contributed by atoms with Crippen molar-refractivity contribution in [2.75, 3.05) is 19.5 Å². The number of alkyl halides is 2. The molecule has 0 fully saturated rings. The largest absolute Gasteiger partial charge is 0.496 e. The Labute approximate surface area is 197 Å². The van der Waals surface area contributed by atoms with E-state index < -0.39 is 36.2 Å². The number of pyridine rings is 1. The van der Waals surface area contributed by atoms with Gasteiger partial charge >= 0.3 is 0 Å². The summed E-state index contributed by atoms with van der Waals surface area (Å²) in [5.41, 5.74) is 3.64. The predicted molar refractivity (Wildman–Crippen MR) is 120 cm³/mol. The molecule has 3 N–H and O–H groups in total. The van der Waals surface area contributed by atoms with Gasteiger partial charge < -0.3 is 20.3 Å². The molecule has 35 heavy (non-hydrogen) atoms. The van der Waals surface area contributed by atoms with Gasteiger partial charge in [0.15, 0.2) is 22.8 Å². The second kappa shape index (κ2) is 9.06. The van der Waals surface area contributed by atoms with Gasteiger partial charge in [-0.15, -0.1) is 5.10 Å². The number of aliphatic hydroxyl groups is 1. The minimum absolute atomic E-state index is 0.0409. The van der Waals surface area contributed by atoms with E-state index in [0.29, 0.717) is 11.2 Å². The zero-order valence-corrected chi connectivity index (χ0v) is 18.8. The first-order valence-corrected chi connectivity index (χ1v) is 10.5. The van der Waals surface area contributed by atoms with Gasteiger partial charge in [0.05, 0.1) is 19.3 Å². The van der Waals surface area contributed by atoms with Gasteiger partial charge in [0.2, 0.25) is 5.95 Å². The number of halogens is 4. The molecule has 4 rings (SSSR count). The van der Waals surface area contributed by atoms with Crippen LogP contribution in [0, 0.1) is 11.6 Å². The number of benzene rings is 2. The van der Waals surface area contributed by atoms with Crippen molar-refractivity contribution in [3.63, 3.8) is 0 Å². The van der Waals surface area contributed by atoms with Crippen LogP contribution in [-0.2, 0) is 5.60 Å². The van der Waals surface area contributed by atoms with Crippen LogP contribution in [0.1, 0.15) is 18.9 Å². The van der Waals surface area contributed by atoms with Crippen LogP contribution in [-0.4, -0.2) is 39.3 Å². The van der Waals surface area contributed by atoms with Crippen molar-refractivity contribution < 1.29 is 32.1 Å². The van der Waals surface area contributed by atoms with E-state index in [-0.39, 0.29) is 28.6 Å². The number of hydrogen-bond donors (Lipinski definition) is 2. The van der Waals surface area contributed by atoms with Crippen molar-refractivity contribution in [3.8, 4) is 22.6 Å². The lowest BCUT2D eigenvalue weighted by atomic mass is 9.87. The van der Waals surface area contributed by atoms with Crippen LogP contribution in [0.5, 0.6) is 11.5 Å². The molecule has 2 aromatic carbocycles. The molecule has 2 aromatic heterocycles. The van der Waals surface area contributed by atoms with Gasteiger partial charge in [-0.1, -0.05) is 12.1 Å². The second-order valence-electron chi connectivity index (χ2n) is 8.03. The SMILES string of the molecule is COc1ccc(OCCC(F)(F)C(C)(O)c2ccc(F)cc2)c(F)c1-c1ccn2nc(N)nc2c1. The van der Waals surface area contributed by atoms with Gasteiger partial charge in [0.1, 0.15) is 11.6 Å². The lowest BCUT2D eigenvalue weighted by Gasteiger charge is -2.33. The van der Waals surface area contributed by atoms with Crippen LogP contribution in [0.3, 0.4) is 0 Å². The summed E-state index contributed by atoms with van der Waals surface area (Å²) < 4.78 is 70.3. The molecule has 0 aliphatic heterocycles. The number of hydrogen-bond acceptors (Lipinski definition) is 6. The van der Waals surface area contributed by atoms with Crippen molar-refractivity contribution in [2.24, 2.45) is 0 Å². The molecular weight excluding hydrogens is 468 g/mol. The average molecular weight is 490 g/mol. The van der Waals surface area contributed by atoms with E-state index in [1.165, 1.54) is 23.8 Å². The van der Waals surface area contributed by atoms with Crippen molar-refractivity contribution in [1.82, 2.24) is 14.6 Å². The molecule has 1 atom stereocenters. The highest BCUT2D eigenvalue weighted by molar-refractivity contribution is 5.75. The summed E-state index contributed by atoms with van der Waals surface area (Å²) in [5.74, 6) is -5.14. The third-order valence-corrected chi connectivity index (χ3v) is 5.72. The number of nitrogen functional groups attached to an aromatic ring is 1. The van der Waals surface area contributed by atoms with Crippen molar-refractivity contribution in [1.29, 1.82) is 0 Å². The fourth-order valence-electron chi connectivity index (χ4n) is 3.66. The Hall–Kier alpha value is -3.86. The Bertz CT molecular complexity index is 1360. The molecule has 0 radical (unpaired) electrons. The number of fused-ring (bicyclic) bond motifs is 1. The summed E-state index contributed by atoms with van der Waals surface area (Å²) in [7, 11) is 1.37. The lowest BCUT2D eigenvalue weighted by Crippen LogP contribution is -2.43. The van der Waals surface area contributed by atoms with E-state index in [9.17, 15) is 18.3 Å². The summed E-state index contributed by atoms with van der Waals surface area (Å²) >= 11 is 0. The van der Waals surface area contributed by atoms with E-state index in [1.54, 1.807) is 18.3 Å². The fraction of sp³-hybridized carbons (Fsp3) is 0.250. The standard InChI is InChI=1S/C24H22F4N4O3/c1-23(33,15-3-5-16(25)6-4-15)24(27,28)10-12-35-18-8-7-17(34-2)20(21(18)26)14-9-11-32-19(13-14)30-22(29)31-32/h3-9,11,13,33H,10,12H2,1-2H3,(H2,29,31). The topological polar surface area (TPSA) is 94.9 Å². The van der Waals surface area contributed by atoms with Crippen LogP contribution in [0.25, 0.3) is 16.8 Å². The number of nitrogens with zero attached hydrogens (tertiary/aromatic N) is 3. The Morgan fingerprint density at radius 1 is 1.06 bits per heavy atom. The molecule has 7 nitrogen and oxygen atoms in total. The van der Waals surface area contributed by atoms with Crippen LogP contribution in [0.4, 0.5) is 23.5 Å². The van der Waals surface area contributed by atoms with E-state index in [0.717, 1.165) is 31.2 Å². The highest BCUT2D eigenvalue weighted by atomic mass is 19.3. The summed E-state index contributed by atoms with van der Waals surface area (Å²) in [6.45, 7) is 0.326. The summed E-state index contributed by atoms with van der Waals surface area (Å²) in [6.07, 6.45) is 0.613. The smallest absolute Gasteiger partial charge is 0.283 e. The minimum atomic E-state index is -3.66. The van der Waals surface area contributed by atoms with Crippen molar-refractivity contribution in [3.05, 3.63) is 71.9 Å². The van der Waals surface area contributed by atoms with Gasteiger partial charge in [0, 0.05) is 12.6 Å². The van der Waals surface area contributed by atoms with Gasteiger partial charge in [-0.3, -0.25) is 0 Å². The fourth-order valence-corrected chi connectivity index (χ4v) is 3.66. The monoisotopic (exact) mass is 490 g/mol. The Morgan fingerprint density at radius 2 is 1.74 bits per heavy atom. The third-order valence-electron chi connectivity index (χ3n) is 5.72. The molecule has 11 heteroatoms. The average Bonchev–Trinajstić information content (AvgIpc) is 3.19. The molecule has 2 heterocycles. The predicted octanol–water partition coefficient (Wildman–Crippen LogP) is 4.58. The highest BCUT2D eigenvalue weighted by Crippen LogP contribution is 2.41. The molecule has 184 valence electrons.